The van der Waals surface area contributed by atoms with E-state index in [0.717, 1.165) is 31.7 Å². The predicted molar refractivity (Wildman–Crippen MR) is 91.6 cm³/mol. The summed E-state index contributed by atoms with van der Waals surface area (Å²) in [4.78, 5) is 3.33. The van der Waals surface area contributed by atoms with E-state index in [9.17, 15) is 0 Å². The van der Waals surface area contributed by atoms with Crippen LogP contribution >= 0.6 is 0 Å². The van der Waals surface area contributed by atoms with E-state index < -0.39 is 0 Å². The standard InChI is InChI=1S/C19H22N2O/c1-22-17-8-6-15(7-9-17)10-12-20-13-11-16-14-21-19-5-3-2-4-18(16)19/h2-9,14,20-21H,10-13H2,1H3. The van der Waals surface area contributed by atoms with E-state index in [1.807, 2.05) is 12.1 Å². The van der Waals surface area contributed by atoms with Gasteiger partial charge in [0.05, 0.1) is 7.11 Å². The van der Waals surface area contributed by atoms with E-state index in [2.05, 4.69) is 52.9 Å². The molecule has 3 aromatic rings. The molecule has 1 aromatic heterocycles. The number of nitrogens with one attached hydrogen (secondary N) is 2. The number of benzene rings is 2. The summed E-state index contributed by atoms with van der Waals surface area (Å²) >= 11 is 0. The molecule has 0 unspecified atom stereocenters. The van der Waals surface area contributed by atoms with Gasteiger partial charge in [0.2, 0.25) is 0 Å². The number of H-pyrrole nitrogens is 1. The maximum absolute atomic E-state index is 5.17. The molecule has 0 bridgehead atoms. The zero-order valence-corrected chi connectivity index (χ0v) is 12.9. The summed E-state index contributed by atoms with van der Waals surface area (Å²) in [6.45, 7) is 1.99. The van der Waals surface area contributed by atoms with Gasteiger partial charge in [-0.1, -0.05) is 30.3 Å². The fourth-order valence-electron chi connectivity index (χ4n) is 2.71. The monoisotopic (exact) mass is 294 g/mol. The number of fused-ring (bicyclic) bond motifs is 1. The molecule has 0 radical (unpaired) electrons. The van der Waals surface area contributed by atoms with Crippen molar-refractivity contribution in [3.8, 4) is 5.75 Å². The summed E-state index contributed by atoms with van der Waals surface area (Å²) in [6.07, 6.45) is 4.21. The van der Waals surface area contributed by atoms with E-state index in [0.29, 0.717) is 0 Å². The lowest BCUT2D eigenvalue weighted by Crippen LogP contribution is -2.20. The largest absolute Gasteiger partial charge is 0.497 e. The number of aromatic nitrogens is 1. The van der Waals surface area contributed by atoms with Gasteiger partial charge in [-0.25, -0.2) is 0 Å². The summed E-state index contributed by atoms with van der Waals surface area (Å²) in [5.41, 5.74) is 3.93. The van der Waals surface area contributed by atoms with Crippen LogP contribution in [0.3, 0.4) is 0 Å². The summed E-state index contributed by atoms with van der Waals surface area (Å²) < 4.78 is 5.17. The molecule has 0 atom stereocenters. The SMILES string of the molecule is COc1ccc(CCNCCc2c[nH]c3ccccc23)cc1. The second-order valence-corrected chi connectivity index (χ2v) is 5.46. The molecule has 0 spiro atoms. The zero-order valence-electron chi connectivity index (χ0n) is 12.9. The van der Waals surface area contributed by atoms with Crippen LogP contribution in [0, 0.1) is 0 Å². The molecule has 22 heavy (non-hydrogen) atoms. The van der Waals surface area contributed by atoms with Crippen LogP contribution in [0.1, 0.15) is 11.1 Å². The topological polar surface area (TPSA) is 37.0 Å². The zero-order chi connectivity index (χ0) is 15.2. The molecule has 0 aliphatic rings. The van der Waals surface area contributed by atoms with Crippen LogP contribution < -0.4 is 10.1 Å². The van der Waals surface area contributed by atoms with Gasteiger partial charge in [0, 0.05) is 17.1 Å². The van der Waals surface area contributed by atoms with Crippen LogP contribution in [0.25, 0.3) is 10.9 Å². The molecular formula is C19H22N2O. The number of methoxy groups -OCH3 is 1. The van der Waals surface area contributed by atoms with E-state index >= 15 is 0 Å². The molecule has 0 saturated heterocycles. The first kappa shape index (κ1) is 14.7. The molecule has 0 saturated carbocycles. The molecule has 0 fully saturated rings. The predicted octanol–water partition coefficient (Wildman–Crippen LogP) is 3.55. The summed E-state index contributed by atoms with van der Waals surface area (Å²) in [5.74, 6) is 0.913. The summed E-state index contributed by atoms with van der Waals surface area (Å²) in [5, 5.41) is 4.85. The highest BCUT2D eigenvalue weighted by Gasteiger charge is 2.02. The number of rotatable bonds is 7. The first-order valence-corrected chi connectivity index (χ1v) is 7.75. The molecule has 3 nitrogen and oxygen atoms in total. The minimum absolute atomic E-state index is 0.913. The highest BCUT2D eigenvalue weighted by atomic mass is 16.5. The van der Waals surface area contributed by atoms with Crippen molar-refractivity contribution in [3.63, 3.8) is 0 Å². The van der Waals surface area contributed by atoms with Crippen molar-refractivity contribution in [1.29, 1.82) is 0 Å². The molecule has 3 heteroatoms. The number of ether oxygens (including phenoxy) is 1. The molecule has 114 valence electrons. The molecule has 1 heterocycles. The van der Waals surface area contributed by atoms with Crippen molar-refractivity contribution in [2.24, 2.45) is 0 Å². The third kappa shape index (κ3) is 3.49. The molecule has 0 aliphatic heterocycles. The van der Waals surface area contributed by atoms with Crippen molar-refractivity contribution in [3.05, 3.63) is 65.9 Å². The van der Waals surface area contributed by atoms with Gasteiger partial charge >= 0.3 is 0 Å². The van der Waals surface area contributed by atoms with Crippen LogP contribution in [-0.4, -0.2) is 25.2 Å². The lowest BCUT2D eigenvalue weighted by Gasteiger charge is -2.06. The Hall–Kier alpha value is -2.26. The first-order chi connectivity index (χ1) is 10.9. The van der Waals surface area contributed by atoms with E-state index in [4.69, 9.17) is 4.74 Å². The fourth-order valence-corrected chi connectivity index (χ4v) is 2.71. The van der Waals surface area contributed by atoms with Crippen LogP contribution in [-0.2, 0) is 12.8 Å². The second-order valence-electron chi connectivity index (χ2n) is 5.46. The number of hydrogen-bond acceptors (Lipinski definition) is 2. The van der Waals surface area contributed by atoms with Gasteiger partial charge in [-0.05, 0) is 55.3 Å². The lowest BCUT2D eigenvalue weighted by atomic mass is 10.1. The van der Waals surface area contributed by atoms with Gasteiger partial charge in [-0.2, -0.15) is 0 Å². The minimum atomic E-state index is 0.913. The van der Waals surface area contributed by atoms with E-state index in [-0.39, 0.29) is 0 Å². The minimum Gasteiger partial charge on any atom is -0.497 e. The van der Waals surface area contributed by atoms with E-state index in [1.165, 1.54) is 22.0 Å². The normalized spacial score (nSPS) is 11.0. The Kier molecular flexibility index (Phi) is 4.76. The highest BCUT2D eigenvalue weighted by Crippen LogP contribution is 2.17. The van der Waals surface area contributed by atoms with Gasteiger partial charge < -0.3 is 15.0 Å². The Bertz CT molecular complexity index is 716. The Morgan fingerprint density at radius 3 is 2.55 bits per heavy atom. The fraction of sp³-hybridized carbons (Fsp3) is 0.263. The molecular weight excluding hydrogens is 272 g/mol. The Labute approximate surface area is 131 Å². The number of para-hydroxylation sites is 1. The van der Waals surface area contributed by atoms with Gasteiger partial charge in [0.25, 0.3) is 0 Å². The van der Waals surface area contributed by atoms with E-state index in [1.54, 1.807) is 7.11 Å². The third-order valence-electron chi connectivity index (χ3n) is 4.00. The third-order valence-corrected chi connectivity index (χ3v) is 4.00. The first-order valence-electron chi connectivity index (χ1n) is 7.75. The molecule has 2 aromatic carbocycles. The summed E-state index contributed by atoms with van der Waals surface area (Å²) in [6, 6.07) is 16.7. The van der Waals surface area contributed by atoms with Gasteiger partial charge in [-0.3, -0.25) is 0 Å². The second kappa shape index (κ2) is 7.14. The van der Waals surface area contributed by atoms with Crippen LogP contribution in [0.2, 0.25) is 0 Å². The number of aromatic amines is 1. The van der Waals surface area contributed by atoms with Crippen molar-refractivity contribution < 1.29 is 4.74 Å². The molecule has 3 rings (SSSR count). The quantitative estimate of drug-likeness (QED) is 0.654. The maximum atomic E-state index is 5.17. The molecule has 0 aliphatic carbocycles. The molecule has 2 N–H and O–H groups in total. The van der Waals surface area contributed by atoms with Gasteiger partial charge in [0.15, 0.2) is 0 Å². The van der Waals surface area contributed by atoms with Crippen molar-refractivity contribution in [1.82, 2.24) is 10.3 Å². The van der Waals surface area contributed by atoms with Crippen LogP contribution in [0.15, 0.2) is 54.7 Å². The van der Waals surface area contributed by atoms with Gasteiger partial charge in [-0.15, -0.1) is 0 Å². The Balaban J connectivity index is 1.43. The van der Waals surface area contributed by atoms with Crippen LogP contribution in [0.5, 0.6) is 5.75 Å². The Morgan fingerprint density at radius 2 is 1.73 bits per heavy atom. The van der Waals surface area contributed by atoms with Gasteiger partial charge in [0.1, 0.15) is 5.75 Å². The lowest BCUT2D eigenvalue weighted by molar-refractivity contribution is 0.414. The van der Waals surface area contributed by atoms with Crippen molar-refractivity contribution in [2.45, 2.75) is 12.8 Å². The van der Waals surface area contributed by atoms with Crippen molar-refractivity contribution >= 4 is 10.9 Å². The molecule has 0 amide bonds. The number of hydrogen-bond donors (Lipinski definition) is 2. The summed E-state index contributed by atoms with van der Waals surface area (Å²) in [7, 11) is 1.70. The Morgan fingerprint density at radius 1 is 0.955 bits per heavy atom. The van der Waals surface area contributed by atoms with Crippen molar-refractivity contribution in [2.75, 3.05) is 20.2 Å². The average molecular weight is 294 g/mol. The average Bonchev–Trinajstić information content (AvgIpc) is 2.98. The smallest absolute Gasteiger partial charge is 0.118 e. The van der Waals surface area contributed by atoms with Crippen LogP contribution in [0.4, 0.5) is 0 Å². The maximum Gasteiger partial charge on any atom is 0.118 e. The highest BCUT2D eigenvalue weighted by molar-refractivity contribution is 5.83.